The SMILES string of the molecule is CCC(CC)NC(=O)C(C)NCC(=O)NC(C)(C)C. The summed E-state index contributed by atoms with van der Waals surface area (Å²) in [6, 6.07) is -0.161. The normalized spacial score (nSPS) is 13.2. The second-order valence-corrected chi connectivity index (χ2v) is 5.92. The van der Waals surface area contributed by atoms with Gasteiger partial charge in [0, 0.05) is 11.6 Å². The van der Waals surface area contributed by atoms with Crippen molar-refractivity contribution in [1.29, 1.82) is 0 Å². The Morgan fingerprint density at radius 3 is 2.05 bits per heavy atom. The summed E-state index contributed by atoms with van der Waals surface area (Å²) in [6.45, 7) is 11.8. The number of amides is 2. The molecule has 5 nitrogen and oxygen atoms in total. The van der Waals surface area contributed by atoms with Crippen LogP contribution in [0.1, 0.15) is 54.4 Å². The van der Waals surface area contributed by atoms with E-state index in [9.17, 15) is 9.59 Å². The number of carbonyl (C=O) groups is 2. The van der Waals surface area contributed by atoms with E-state index >= 15 is 0 Å². The summed E-state index contributed by atoms with van der Waals surface area (Å²) in [7, 11) is 0. The zero-order chi connectivity index (χ0) is 15.1. The van der Waals surface area contributed by atoms with Crippen LogP contribution < -0.4 is 16.0 Å². The lowest BCUT2D eigenvalue weighted by molar-refractivity contribution is -0.124. The fourth-order valence-corrected chi connectivity index (χ4v) is 1.62. The van der Waals surface area contributed by atoms with Crippen LogP contribution in [-0.2, 0) is 9.59 Å². The summed E-state index contributed by atoms with van der Waals surface area (Å²) in [4.78, 5) is 23.5. The van der Waals surface area contributed by atoms with Crippen LogP contribution in [0.15, 0.2) is 0 Å². The van der Waals surface area contributed by atoms with Gasteiger partial charge in [0.1, 0.15) is 0 Å². The molecule has 0 fully saturated rings. The maximum atomic E-state index is 11.9. The van der Waals surface area contributed by atoms with Crippen molar-refractivity contribution in [2.45, 2.75) is 72.0 Å². The molecule has 0 bridgehead atoms. The molecule has 0 saturated carbocycles. The zero-order valence-electron chi connectivity index (χ0n) is 13.1. The van der Waals surface area contributed by atoms with Crippen molar-refractivity contribution in [2.75, 3.05) is 6.54 Å². The Balaban J connectivity index is 4.06. The second kappa shape index (κ2) is 8.15. The number of rotatable bonds is 7. The minimum Gasteiger partial charge on any atom is -0.352 e. The summed E-state index contributed by atoms with van der Waals surface area (Å²) < 4.78 is 0. The molecule has 0 saturated heterocycles. The fraction of sp³-hybridized carbons (Fsp3) is 0.857. The van der Waals surface area contributed by atoms with Crippen molar-refractivity contribution in [2.24, 2.45) is 0 Å². The molecule has 1 unspecified atom stereocenters. The Morgan fingerprint density at radius 2 is 1.63 bits per heavy atom. The fourth-order valence-electron chi connectivity index (χ4n) is 1.62. The van der Waals surface area contributed by atoms with Gasteiger partial charge < -0.3 is 10.6 Å². The maximum absolute atomic E-state index is 11.9. The summed E-state index contributed by atoms with van der Waals surface area (Å²) >= 11 is 0. The van der Waals surface area contributed by atoms with Crippen LogP contribution in [0.5, 0.6) is 0 Å². The smallest absolute Gasteiger partial charge is 0.237 e. The van der Waals surface area contributed by atoms with Crippen LogP contribution in [0.3, 0.4) is 0 Å². The average Bonchev–Trinajstić information content (AvgIpc) is 2.30. The highest BCUT2D eigenvalue weighted by Gasteiger charge is 2.18. The van der Waals surface area contributed by atoms with Gasteiger partial charge in [0.05, 0.1) is 12.6 Å². The van der Waals surface area contributed by atoms with Crippen LogP contribution in [0, 0.1) is 0 Å². The summed E-state index contributed by atoms with van der Waals surface area (Å²) in [6.07, 6.45) is 1.83. The quantitative estimate of drug-likeness (QED) is 0.651. The van der Waals surface area contributed by atoms with Gasteiger partial charge in [-0.05, 0) is 40.5 Å². The van der Waals surface area contributed by atoms with E-state index in [-0.39, 0.29) is 36.0 Å². The molecule has 0 aliphatic heterocycles. The Morgan fingerprint density at radius 1 is 1.11 bits per heavy atom. The molecule has 0 aliphatic carbocycles. The van der Waals surface area contributed by atoms with Gasteiger partial charge in [-0.2, -0.15) is 0 Å². The van der Waals surface area contributed by atoms with Gasteiger partial charge in [-0.25, -0.2) is 0 Å². The van der Waals surface area contributed by atoms with Crippen LogP contribution in [-0.4, -0.2) is 36.0 Å². The Bertz CT molecular complexity index is 294. The van der Waals surface area contributed by atoms with Gasteiger partial charge >= 0.3 is 0 Å². The van der Waals surface area contributed by atoms with E-state index in [1.807, 2.05) is 34.6 Å². The number of hydrogen-bond donors (Lipinski definition) is 3. The first-order chi connectivity index (χ1) is 8.69. The monoisotopic (exact) mass is 271 g/mol. The van der Waals surface area contributed by atoms with E-state index in [4.69, 9.17) is 0 Å². The summed E-state index contributed by atoms with van der Waals surface area (Å²) in [5.41, 5.74) is -0.250. The van der Waals surface area contributed by atoms with Crippen molar-refractivity contribution in [3.05, 3.63) is 0 Å². The average molecular weight is 271 g/mol. The van der Waals surface area contributed by atoms with Crippen molar-refractivity contribution in [3.63, 3.8) is 0 Å². The maximum Gasteiger partial charge on any atom is 0.237 e. The van der Waals surface area contributed by atoms with E-state index in [1.165, 1.54) is 0 Å². The molecule has 1 atom stereocenters. The number of carbonyl (C=O) groups excluding carboxylic acids is 2. The molecule has 0 rings (SSSR count). The number of nitrogens with one attached hydrogen (secondary N) is 3. The van der Waals surface area contributed by atoms with E-state index < -0.39 is 0 Å². The highest BCUT2D eigenvalue weighted by molar-refractivity contribution is 5.83. The third-order valence-electron chi connectivity index (χ3n) is 2.81. The molecule has 0 aromatic heterocycles. The first-order valence-electron chi connectivity index (χ1n) is 7.04. The van der Waals surface area contributed by atoms with Gasteiger partial charge in [0.2, 0.25) is 11.8 Å². The minimum atomic E-state index is -0.369. The van der Waals surface area contributed by atoms with Crippen molar-refractivity contribution in [1.82, 2.24) is 16.0 Å². The Hall–Kier alpha value is -1.10. The molecular formula is C14H29N3O2. The molecule has 0 aromatic rings. The third-order valence-corrected chi connectivity index (χ3v) is 2.81. The first-order valence-corrected chi connectivity index (χ1v) is 7.04. The first kappa shape index (κ1) is 17.9. The molecule has 19 heavy (non-hydrogen) atoms. The number of hydrogen-bond acceptors (Lipinski definition) is 3. The highest BCUT2D eigenvalue weighted by atomic mass is 16.2. The van der Waals surface area contributed by atoms with Gasteiger partial charge in [-0.3, -0.25) is 14.9 Å². The molecule has 0 aromatic carbocycles. The summed E-state index contributed by atoms with van der Waals surface area (Å²) in [5, 5.41) is 8.73. The van der Waals surface area contributed by atoms with E-state index in [0.29, 0.717) is 0 Å². The predicted octanol–water partition coefficient (Wildman–Crippen LogP) is 1.18. The third kappa shape index (κ3) is 8.59. The van der Waals surface area contributed by atoms with Gasteiger partial charge in [0.15, 0.2) is 0 Å². The van der Waals surface area contributed by atoms with Crippen LogP contribution >= 0.6 is 0 Å². The second-order valence-electron chi connectivity index (χ2n) is 5.92. The predicted molar refractivity (Wildman–Crippen MR) is 77.9 cm³/mol. The lowest BCUT2D eigenvalue weighted by atomic mass is 10.1. The molecular weight excluding hydrogens is 242 g/mol. The van der Waals surface area contributed by atoms with Gasteiger partial charge in [-0.1, -0.05) is 13.8 Å². The molecule has 5 heteroatoms. The molecule has 112 valence electrons. The molecule has 0 aliphatic rings. The van der Waals surface area contributed by atoms with Crippen LogP contribution in [0.4, 0.5) is 0 Å². The molecule has 0 radical (unpaired) electrons. The topological polar surface area (TPSA) is 70.2 Å². The zero-order valence-corrected chi connectivity index (χ0v) is 13.1. The van der Waals surface area contributed by atoms with Gasteiger partial charge in [0.25, 0.3) is 0 Å². The van der Waals surface area contributed by atoms with Crippen molar-refractivity contribution in [3.8, 4) is 0 Å². The van der Waals surface area contributed by atoms with E-state index in [0.717, 1.165) is 12.8 Å². The van der Waals surface area contributed by atoms with Crippen molar-refractivity contribution >= 4 is 11.8 Å². The Kier molecular flexibility index (Phi) is 7.68. The lowest BCUT2D eigenvalue weighted by Crippen LogP contribution is -2.50. The van der Waals surface area contributed by atoms with Crippen LogP contribution in [0.2, 0.25) is 0 Å². The van der Waals surface area contributed by atoms with Crippen molar-refractivity contribution < 1.29 is 9.59 Å². The minimum absolute atomic E-state index is 0.0581. The summed E-state index contributed by atoms with van der Waals surface area (Å²) in [5.74, 6) is -0.160. The van der Waals surface area contributed by atoms with E-state index in [1.54, 1.807) is 6.92 Å². The van der Waals surface area contributed by atoms with Crippen LogP contribution in [0.25, 0.3) is 0 Å². The van der Waals surface area contributed by atoms with Gasteiger partial charge in [-0.15, -0.1) is 0 Å². The lowest BCUT2D eigenvalue weighted by Gasteiger charge is -2.22. The molecule has 3 N–H and O–H groups in total. The highest BCUT2D eigenvalue weighted by Crippen LogP contribution is 1.98. The molecule has 0 heterocycles. The molecule has 2 amide bonds. The largest absolute Gasteiger partial charge is 0.352 e. The molecule has 0 spiro atoms. The van der Waals surface area contributed by atoms with E-state index in [2.05, 4.69) is 16.0 Å². The Labute approximate surface area is 116 Å². The standard InChI is InChI=1S/C14H29N3O2/c1-7-11(8-2)16-13(19)10(3)15-9-12(18)17-14(4,5)6/h10-11,15H,7-9H2,1-6H3,(H,16,19)(H,17,18).